The number of aryl methyl sites for hydroxylation is 1. The van der Waals surface area contributed by atoms with Gasteiger partial charge in [0.05, 0.1) is 24.8 Å². The average Bonchev–Trinajstić information content (AvgIpc) is 2.96. The minimum Gasteiger partial charge on any atom is -0.488 e. The summed E-state index contributed by atoms with van der Waals surface area (Å²) in [6, 6.07) is 4.60. The van der Waals surface area contributed by atoms with E-state index < -0.39 is 0 Å². The number of rotatable bonds is 6. The van der Waals surface area contributed by atoms with Crippen LogP contribution in [0.4, 0.5) is 17.5 Å². The van der Waals surface area contributed by atoms with Gasteiger partial charge in [-0.2, -0.15) is 4.98 Å². The van der Waals surface area contributed by atoms with Crippen LogP contribution in [-0.2, 0) is 4.74 Å². The van der Waals surface area contributed by atoms with Gasteiger partial charge in [0.2, 0.25) is 5.95 Å². The van der Waals surface area contributed by atoms with E-state index in [4.69, 9.17) is 14.5 Å². The van der Waals surface area contributed by atoms with Crippen LogP contribution in [0.5, 0.6) is 5.75 Å². The van der Waals surface area contributed by atoms with Gasteiger partial charge in [-0.15, -0.1) is 0 Å². The molecule has 0 spiro atoms. The lowest BCUT2D eigenvalue weighted by Crippen LogP contribution is -2.36. The molecule has 0 bridgehead atoms. The SMILES string of the molecule is Cc1cnc(NC2CCC(Oc3cc(N4CCOCC4)cc4nccnc34)CC2)nc1N1CCCCC1. The van der Waals surface area contributed by atoms with Gasteiger partial charge in [0.15, 0.2) is 0 Å². The van der Waals surface area contributed by atoms with Gasteiger partial charge in [-0.1, -0.05) is 0 Å². The molecule has 0 unspecified atom stereocenters. The van der Waals surface area contributed by atoms with Crippen molar-refractivity contribution in [3.8, 4) is 5.75 Å². The highest BCUT2D eigenvalue weighted by Gasteiger charge is 2.25. The highest BCUT2D eigenvalue weighted by Crippen LogP contribution is 2.33. The van der Waals surface area contributed by atoms with E-state index in [1.165, 1.54) is 19.3 Å². The van der Waals surface area contributed by atoms with Crippen LogP contribution >= 0.6 is 0 Å². The number of nitrogens with one attached hydrogen (secondary N) is 1. The van der Waals surface area contributed by atoms with Crippen LogP contribution in [0.1, 0.15) is 50.5 Å². The highest BCUT2D eigenvalue weighted by molar-refractivity contribution is 5.85. The normalized spacial score (nSPS) is 22.7. The first-order valence-electron chi connectivity index (χ1n) is 13.8. The molecule has 9 nitrogen and oxygen atoms in total. The molecule has 9 heteroatoms. The molecule has 1 saturated carbocycles. The van der Waals surface area contributed by atoms with Crippen molar-refractivity contribution in [2.24, 2.45) is 0 Å². The molecule has 2 saturated heterocycles. The number of benzene rings is 1. The zero-order valence-corrected chi connectivity index (χ0v) is 21.7. The van der Waals surface area contributed by atoms with Gasteiger partial charge in [-0.05, 0) is 57.9 Å². The van der Waals surface area contributed by atoms with Crippen molar-refractivity contribution < 1.29 is 9.47 Å². The van der Waals surface area contributed by atoms with Gasteiger partial charge >= 0.3 is 0 Å². The average molecular weight is 504 g/mol. The van der Waals surface area contributed by atoms with E-state index in [2.05, 4.69) is 49.1 Å². The number of ether oxygens (including phenoxy) is 2. The van der Waals surface area contributed by atoms with Crippen molar-refractivity contribution in [3.05, 3.63) is 36.3 Å². The Morgan fingerprint density at radius 1 is 0.892 bits per heavy atom. The summed E-state index contributed by atoms with van der Waals surface area (Å²) in [6.45, 7) is 7.53. The van der Waals surface area contributed by atoms with Crippen molar-refractivity contribution in [1.29, 1.82) is 0 Å². The van der Waals surface area contributed by atoms with E-state index in [9.17, 15) is 0 Å². The molecule has 6 rings (SSSR count). The van der Waals surface area contributed by atoms with Crippen molar-refractivity contribution in [2.75, 3.05) is 54.5 Å². The third-order valence-electron chi connectivity index (χ3n) is 7.80. The molecular formula is C28H37N7O2. The fraction of sp³-hybridized carbons (Fsp3) is 0.571. The highest BCUT2D eigenvalue weighted by atomic mass is 16.5. The Labute approximate surface area is 218 Å². The minimum absolute atomic E-state index is 0.158. The maximum Gasteiger partial charge on any atom is 0.224 e. The Kier molecular flexibility index (Phi) is 7.21. The Balaban J connectivity index is 1.10. The van der Waals surface area contributed by atoms with Crippen LogP contribution < -0.4 is 19.9 Å². The van der Waals surface area contributed by atoms with Gasteiger partial charge in [-0.25, -0.2) is 9.97 Å². The summed E-state index contributed by atoms with van der Waals surface area (Å²) in [5, 5.41) is 3.61. The molecule has 1 aromatic carbocycles. The van der Waals surface area contributed by atoms with Crippen molar-refractivity contribution in [1.82, 2.24) is 19.9 Å². The number of morpholine rings is 1. The molecule has 0 atom stereocenters. The van der Waals surface area contributed by atoms with E-state index in [1.807, 2.05) is 6.20 Å². The molecular weight excluding hydrogens is 466 g/mol. The molecule has 3 aromatic rings. The molecule has 2 aliphatic heterocycles. The summed E-state index contributed by atoms with van der Waals surface area (Å²) in [5.41, 5.74) is 3.98. The predicted molar refractivity (Wildman–Crippen MR) is 146 cm³/mol. The van der Waals surface area contributed by atoms with Crippen LogP contribution in [0.2, 0.25) is 0 Å². The van der Waals surface area contributed by atoms with Gasteiger partial charge in [0.25, 0.3) is 0 Å². The second kappa shape index (κ2) is 11.0. The molecule has 37 heavy (non-hydrogen) atoms. The smallest absolute Gasteiger partial charge is 0.224 e. The Hall–Kier alpha value is -3.20. The lowest BCUT2D eigenvalue weighted by atomic mass is 9.93. The quantitative estimate of drug-likeness (QED) is 0.527. The lowest BCUT2D eigenvalue weighted by molar-refractivity contribution is 0.122. The van der Waals surface area contributed by atoms with Crippen LogP contribution in [0.15, 0.2) is 30.7 Å². The summed E-state index contributed by atoms with van der Waals surface area (Å²) in [4.78, 5) is 23.4. The predicted octanol–water partition coefficient (Wildman–Crippen LogP) is 4.36. The number of anilines is 3. The number of fused-ring (bicyclic) bond motifs is 1. The summed E-state index contributed by atoms with van der Waals surface area (Å²) in [6.07, 6.45) is 13.4. The zero-order chi connectivity index (χ0) is 25.0. The maximum absolute atomic E-state index is 6.59. The van der Waals surface area contributed by atoms with Gasteiger partial charge in [-0.3, -0.25) is 4.98 Å². The largest absolute Gasteiger partial charge is 0.488 e. The van der Waals surface area contributed by atoms with Gasteiger partial charge in [0.1, 0.15) is 17.1 Å². The van der Waals surface area contributed by atoms with Crippen LogP contribution in [0.3, 0.4) is 0 Å². The van der Waals surface area contributed by atoms with E-state index in [1.54, 1.807) is 12.4 Å². The minimum atomic E-state index is 0.158. The molecule has 3 aliphatic rings. The van der Waals surface area contributed by atoms with E-state index in [-0.39, 0.29) is 6.10 Å². The number of piperidine rings is 1. The second-order valence-electron chi connectivity index (χ2n) is 10.5. The Morgan fingerprint density at radius 2 is 1.68 bits per heavy atom. The lowest BCUT2D eigenvalue weighted by Gasteiger charge is -2.32. The first kappa shape index (κ1) is 24.2. The Morgan fingerprint density at radius 3 is 2.49 bits per heavy atom. The monoisotopic (exact) mass is 503 g/mol. The second-order valence-corrected chi connectivity index (χ2v) is 10.5. The van der Waals surface area contributed by atoms with Crippen molar-refractivity contribution in [3.63, 3.8) is 0 Å². The third kappa shape index (κ3) is 5.56. The molecule has 1 N–H and O–H groups in total. The van der Waals surface area contributed by atoms with Crippen molar-refractivity contribution >= 4 is 28.5 Å². The summed E-state index contributed by atoms with van der Waals surface area (Å²) < 4.78 is 12.1. The summed E-state index contributed by atoms with van der Waals surface area (Å²) in [7, 11) is 0. The molecule has 2 aromatic heterocycles. The standard InChI is InChI=1S/C28H37N7O2/c1-20-19-31-28(33-27(20)35-11-3-2-4-12-35)32-21-5-7-23(8-6-21)37-25-18-22(34-13-15-36-16-14-34)17-24-26(25)30-10-9-29-24/h9-10,17-19,21,23H,2-8,11-16H2,1H3,(H,31,32,33). The zero-order valence-electron chi connectivity index (χ0n) is 21.7. The van der Waals surface area contributed by atoms with Gasteiger partial charge < -0.3 is 24.6 Å². The number of aromatic nitrogens is 4. The van der Waals surface area contributed by atoms with E-state index in [0.29, 0.717) is 6.04 Å². The first-order chi connectivity index (χ1) is 18.2. The molecule has 3 fully saturated rings. The van der Waals surface area contributed by atoms with Crippen LogP contribution in [0.25, 0.3) is 11.0 Å². The molecule has 196 valence electrons. The van der Waals surface area contributed by atoms with Crippen LogP contribution in [0, 0.1) is 6.92 Å². The number of nitrogens with zero attached hydrogens (tertiary/aromatic N) is 6. The first-order valence-corrected chi connectivity index (χ1v) is 13.8. The molecule has 0 radical (unpaired) electrons. The molecule has 1 aliphatic carbocycles. The number of hydrogen-bond donors (Lipinski definition) is 1. The topological polar surface area (TPSA) is 88.5 Å². The Bertz CT molecular complexity index is 1200. The molecule has 0 amide bonds. The van der Waals surface area contributed by atoms with Crippen molar-refractivity contribution in [2.45, 2.75) is 64.0 Å². The number of hydrogen-bond acceptors (Lipinski definition) is 9. The van der Waals surface area contributed by atoms with E-state index >= 15 is 0 Å². The summed E-state index contributed by atoms with van der Waals surface area (Å²) >= 11 is 0. The fourth-order valence-electron chi connectivity index (χ4n) is 5.74. The third-order valence-corrected chi connectivity index (χ3v) is 7.80. The van der Waals surface area contributed by atoms with Gasteiger partial charge in [0, 0.05) is 68.1 Å². The maximum atomic E-state index is 6.59. The summed E-state index contributed by atoms with van der Waals surface area (Å²) in [5.74, 6) is 2.66. The van der Waals surface area contributed by atoms with Crippen LogP contribution in [-0.4, -0.2) is 71.5 Å². The fourth-order valence-corrected chi connectivity index (χ4v) is 5.74. The van der Waals surface area contributed by atoms with E-state index in [0.717, 1.165) is 105 Å². The molecule has 4 heterocycles.